The van der Waals surface area contributed by atoms with Crippen LogP contribution in [0.5, 0.6) is 5.75 Å². The van der Waals surface area contributed by atoms with Crippen molar-refractivity contribution in [3.05, 3.63) is 24.3 Å². The number of ether oxygens (including phenoxy) is 2. The van der Waals surface area contributed by atoms with Gasteiger partial charge in [-0.3, -0.25) is 4.90 Å². The van der Waals surface area contributed by atoms with Crippen LogP contribution in [0.4, 0.5) is 5.69 Å². The van der Waals surface area contributed by atoms with E-state index in [1.807, 2.05) is 24.3 Å². The van der Waals surface area contributed by atoms with Gasteiger partial charge in [0.1, 0.15) is 5.75 Å². The van der Waals surface area contributed by atoms with E-state index in [-0.39, 0.29) is 0 Å². The van der Waals surface area contributed by atoms with Crippen LogP contribution in [0.15, 0.2) is 24.3 Å². The monoisotopic (exact) mass is 250 g/mol. The summed E-state index contributed by atoms with van der Waals surface area (Å²) in [7, 11) is 0. The number of benzene rings is 1. The maximum absolute atomic E-state index is 5.71. The fourth-order valence-corrected chi connectivity index (χ4v) is 2.11. The summed E-state index contributed by atoms with van der Waals surface area (Å²) in [4.78, 5) is 2.45. The molecule has 4 heteroatoms. The number of rotatable bonds is 5. The first-order valence-electron chi connectivity index (χ1n) is 6.56. The SMILES string of the molecule is CC(CCOc1ccc(N)cc1)N1CCOCC1. The molecule has 2 N–H and O–H groups in total. The van der Waals surface area contributed by atoms with Gasteiger partial charge in [-0.2, -0.15) is 0 Å². The van der Waals surface area contributed by atoms with Gasteiger partial charge in [-0.15, -0.1) is 0 Å². The molecular formula is C14H22N2O2. The molecular weight excluding hydrogens is 228 g/mol. The molecule has 1 fully saturated rings. The molecule has 0 spiro atoms. The lowest BCUT2D eigenvalue weighted by molar-refractivity contribution is 0.0161. The van der Waals surface area contributed by atoms with Gasteiger partial charge in [-0.05, 0) is 37.6 Å². The molecule has 0 radical (unpaired) electrons. The maximum atomic E-state index is 5.71. The van der Waals surface area contributed by atoms with Crippen molar-refractivity contribution in [2.45, 2.75) is 19.4 Å². The van der Waals surface area contributed by atoms with Crippen LogP contribution in [0.2, 0.25) is 0 Å². The molecule has 1 aliphatic rings. The van der Waals surface area contributed by atoms with E-state index in [1.54, 1.807) is 0 Å². The predicted molar refractivity (Wildman–Crippen MR) is 72.8 cm³/mol. The zero-order chi connectivity index (χ0) is 12.8. The molecule has 1 atom stereocenters. The van der Waals surface area contributed by atoms with Crippen molar-refractivity contribution >= 4 is 5.69 Å². The number of nitrogen functional groups attached to an aromatic ring is 1. The third-order valence-corrected chi connectivity index (χ3v) is 3.35. The van der Waals surface area contributed by atoms with Gasteiger partial charge >= 0.3 is 0 Å². The lowest BCUT2D eigenvalue weighted by Crippen LogP contribution is -2.42. The van der Waals surface area contributed by atoms with Crippen molar-refractivity contribution < 1.29 is 9.47 Å². The average molecular weight is 250 g/mol. The highest BCUT2D eigenvalue weighted by Gasteiger charge is 2.16. The molecule has 100 valence electrons. The Bertz CT molecular complexity index is 347. The van der Waals surface area contributed by atoms with Gasteiger partial charge in [0.15, 0.2) is 0 Å². The van der Waals surface area contributed by atoms with Crippen LogP contribution >= 0.6 is 0 Å². The Morgan fingerprint density at radius 2 is 1.94 bits per heavy atom. The van der Waals surface area contributed by atoms with E-state index < -0.39 is 0 Å². The average Bonchev–Trinajstić information content (AvgIpc) is 2.42. The van der Waals surface area contributed by atoms with Crippen molar-refractivity contribution in [3.8, 4) is 5.75 Å². The summed E-state index contributed by atoms with van der Waals surface area (Å²) >= 11 is 0. The third kappa shape index (κ3) is 3.89. The molecule has 1 aliphatic heterocycles. The molecule has 0 bridgehead atoms. The predicted octanol–water partition coefficient (Wildman–Crippen LogP) is 1.76. The molecule has 18 heavy (non-hydrogen) atoms. The van der Waals surface area contributed by atoms with E-state index in [0.717, 1.165) is 50.8 Å². The van der Waals surface area contributed by atoms with E-state index in [4.69, 9.17) is 15.2 Å². The summed E-state index contributed by atoms with van der Waals surface area (Å²) in [5.74, 6) is 0.887. The second-order valence-corrected chi connectivity index (χ2v) is 4.70. The standard InChI is InChI=1S/C14H22N2O2/c1-12(16-7-10-17-11-8-16)6-9-18-14-4-2-13(15)3-5-14/h2-5,12H,6-11,15H2,1H3. The van der Waals surface area contributed by atoms with E-state index in [9.17, 15) is 0 Å². The Balaban J connectivity index is 1.69. The Kier molecular flexibility index (Phi) is 4.84. The fourth-order valence-electron chi connectivity index (χ4n) is 2.11. The molecule has 0 aliphatic carbocycles. The Labute approximate surface area is 109 Å². The highest BCUT2D eigenvalue weighted by atomic mass is 16.5. The van der Waals surface area contributed by atoms with Crippen LogP contribution in [-0.4, -0.2) is 43.9 Å². The second kappa shape index (κ2) is 6.61. The molecule has 0 aromatic heterocycles. The highest BCUT2D eigenvalue weighted by molar-refractivity contribution is 5.41. The van der Waals surface area contributed by atoms with Gasteiger partial charge in [-0.25, -0.2) is 0 Å². The van der Waals surface area contributed by atoms with Gasteiger partial charge in [0.05, 0.1) is 19.8 Å². The smallest absolute Gasteiger partial charge is 0.119 e. The Hall–Kier alpha value is -1.26. The summed E-state index contributed by atoms with van der Waals surface area (Å²) in [5, 5.41) is 0. The number of morpholine rings is 1. The van der Waals surface area contributed by atoms with Crippen LogP contribution < -0.4 is 10.5 Å². The molecule has 1 saturated heterocycles. The molecule has 0 amide bonds. The molecule has 1 unspecified atom stereocenters. The highest BCUT2D eigenvalue weighted by Crippen LogP contribution is 2.14. The summed E-state index contributed by atoms with van der Waals surface area (Å²) in [6, 6.07) is 8.09. The summed E-state index contributed by atoms with van der Waals surface area (Å²) in [5.41, 5.74) is 6.39. The topological polar surface area (TPSA) is 47.7 Å². The van der Waals surface area contributed by atoms with Crippen LogP contribution in [-0.2, 0) is 4.74 Å². The molecule has 1 aromatic carbocycles. The van der Waals surface area contributed by atoms with Gasteiger partial charge < -0.3 is 15.2 Å². The number of hydrogen-bond donors (Lipinski definition) is 1. The van der Waals surface area contributed by atoms with E-state index in [1.165, 1.54) is 0 Å². The van der Waals surface area contributed by atoms with E-state index >= 15 is 0 Å². The second-order valence-electron chi connectivity index (χ2n) is 4.70. The van der Waals surface area contributed by atoms with Crippen molar-refractivity contribution in [2.75, 3.05) is 38.6 Å². The Morgan fingerprint density at radius 3 is 2.61 bits per heavy atom. The van der Waals surface area contributed by atoms with Crippen LogP contribution in [0.25, 0.3) is 0 Å². The largest absolute Gasteiger partial charge is 0.494 e. The zero-order valence-corrected chi connectivity index (χ0v) is 11.0. The van der Waals surface area contributed by atoms with Gasteiger partial charge in [0.25, 0.3) is 0 Å². The number of anilines is 1. The first kappa shape index (κ1) is 13.2. The van der Waals surface area contributed by atoms with Crippen molar-refractivity contribution in [1.29, 1.82) is 0 Å². The van der Waals surface area contributed by atoms with Crippen LogP contribution in [0.3, 0.4) is 0 Å². The molecule has 4 nitrogen and oxygen atoms in total. The fraction of sp³-hybridized carbons (Fsp3) is 0.571. The lowest BCUT2D eigenvalue weighted by Gasteiger charge is -2.32. The van der Waals surface area contributed by atoms with Gasteiger partial charge in [0, 0.05) is 24.8 Å². The minimum absolute atomic E-state index is 0.544. The van der Waals surface area contributed by atoms with Gasteiger partial charge in [0.2, 0.25) is 0 Å². The molecule has 2 rings (SSSR count). The third-order valence-electron chi connectivity index (χ3n) is 3.35. The first-order valence-corrected chi connectivity index (χ1v) is 6.56. The van der Waals surface area contributed by atoms with E-state index in [0.29, 0.717) is 6.04 Å². The minimum Gasteiger partial charge on any atom is -0.494 e. The van der Waals surface area contributed by atoms with E-state index in [2.05, 4.69) is 11.8 Å². The number of nitrogens with zero attached hydrogens (tertiary/aromatic N) is 1. The summed E-state index contributed by atoms with van der Waals surface area (Å²) in [6.07, 6.45) is 1.03. The van der Waals surface area contributed by atoms with Crippen LogP contribution in [0.1, 0.15) is 13.3 Å². The lowest BCUT2D eigenvalue weighted by atomic mass is 10.2. The normalized spacial score (nSPS) is 18.5. The molecule has 1 aromatic rings. The Morgan fingerprint density at radius 1 is 1.28 bits per heavy atom. The van der Waals surface area contributed by atoms with Crippen molar-refractivity contribution in [2.24, 2.45) is 0 Å². The summed E-state index contributed by atoms with van der Waals surface area (Å²) in [6.45, 7) is 6.75. The quantitative estimate of drug-likeness (QED) is 0.809. The molecule has 1 heterocycles. The molecule has 0 saturated carbocycles. The van der Waals surface area contributed by atoms with Gasteiger partial charge in [-0.1, -0.05) is 0 Å². The van der Waals surface area contributed by atoms with Crippen molar-refractivity contribution in [3.63, 3.8) is 0 Å². The first-order chi connectivity index (χ1) is 8.75. The maximum Gasteiger partial charge on any atom is 0.119 e. The number of nitrogens with two attached hydrogens (primary N) is 1. The van der Waals surface area contributed by atoms with Crippen LogP contribution in [0, 0.1) is 0 Å². The van der Waals surface area contributed by atoms with Crippen molar-refractivity contribution in [1.82, 2.24) is 4.90 Å². The summed E-state index contributed by atoms with van der Waals surface area (Å²) < 4.78 is 11.1. The zero-order valence-electron chi connectivity index (χ0n) is 11.0. The number of hydrogen-bond acceptors (Lipinski definition) is 4. The minimum atomic E-state index is 0.544.